The van der Waals surface area contributed by atoms with Crippen molar-refractivity contribution < 1.29 is 14.4 Å². The molecule has 0 unspecified atom stereocenters. The Morgan fingerprint density at radius 3 is 2.48 bits per heavy atom. The first-order valence-corrected chi connectivity index (χ1v) is 9.57. The van der Waals surface area contributed by atoms with Crippen LogP contribution in [-0.2, 0) is 0 Å². The maximum absolute atomic E-state index is 12.8. The summed E-state index contributed by atoms with van der Waals surface area (Å²) >= 11 is 0. The smallest absolute Gasteiger partial charge is 0.289 e. The number of Topliss-reactive ketones (excluding diaryl/α,β-unsaturated/α-hetero) is 1. The molecule has 0 saturated heterocycles. The highest BCUT2D eigenvalue weighted by atomic mass is 16.2. The Morgan fingerprint density at radius 2 is 1.83 bits per heavy atom. The number of hydrogen-bond donors (Lipinski definition) is 1. The number of pyridine rings is 1. The summed E-state index contributed by atoms with van der Waals surface area (Å²) < 4.78 is 1.64. The molecule has 7 nitrogen and oxygen atoms in total. The number of nitrogens with one attached hydrogen (secondary N) is 1. The van der Waals surface area contributed by atoms with Gasteiger partial charge >= 0.3 is 0 Å². The molecule has 0 radical (unpaired) electrons. The maximum atomic E-state index is 12.8. The number of fused-ring (bicyclic) bond motifs is 1. The highest BCUT2D eigenvalue weighted by molar-refractivity contribution is 6.09. The van der Waals surface area contributed by atoms with Gasteiger partial charge in [-0.25, -0.2) is 4.98 Å². The van der Waals surface area contributed by atoms with Crippen molar-refractivity contribution in [2.75, 3.05) is 18.9 Å². The third kappa shape index (κ3) is 4.34. The van der Waals surface area contributed by atoms with Crippen molar-refractivity contribution in [3.05, 3.63) is 65.7 Å². The van der Waals surface area contributed by atoms with Crippen LogP contribution < -0.4 is 5.32 Å². The van der Waals surface area contributed by atoms with E-state index >= 15 is 0 Å². The lowest BCUT2D eigenvalue weighted by Gasteiger charge is -2.15. The van der Waals surface area contributed by atoms with Gasteiger partial charge in [-0.15, -0.1) is 0 Å². The molecule has 0 bridgehead atoms. The monoisotopic (exact) mass is 392 g/mol. The van der Waals surface area contributed by atoms with Gasteiger partial charge < -0.3 is 10.2 Å². The average molecular weight is 392 g/mol. The van der Waals surface area contributed by atoms with Crippen molar-refractivity contribution in [1.29, 1.82) is 0 Å². The van der Waals surface area contributed by atoms with Gasteiger partial charge in [-0.3, -0.25) is 18.8 Å². The number of amides is 2. The Bertz CT molecular complexity index is 1050. The van der Waals surface area contributed by atoms with E-state index < -0.39 is 5.91 Å². The van der Waals surface area contributed by atoms with Gasteiger partial charge in [-0.2, -0.15) is 0 Å². The molecular formula is C22H24N4O3. The van der Waals surface area contributed by atoms with E-state index in [9.17, 15) is 14.4 Å². The van der Waals surface area contributed by atoms with Crippen LogP contribution in [0.15, 0.2) is 48.7 Å². The topological polar surface area (TPSA) is 83.8 Å². The first-order chi connectivity index (χ1) is 13.9. The fraction of sp³-hybridized carbons (Fsp3) is 0.273. The summed E-state index contributed by atoms with van der Waals surface area (Å²) in [5.41, 5.74) is 1.84. The van der Waals surface area contributed by atoms with E-state index in [1.165, 1.54) is 6.92 Å². The summed E-state index contributed by atoms with van der Waals surface area (Å²) in [5, 5.41) is 2.78. The fourth-order valence-electron chi connectivity index (χ4n) is 3.00. The van der Waals surface area contributed by atoms with Crippen LogP contribution in [0.5, 0.6) is 0 Å². The van der Waals surface area contributed by atoms with E-state index in [0.29, 0.717) is 23.3 Å². The van der Waals surface area contributed by atoms with Gasteiger partial charge in [0.2, 0.25) is 5.82 Å². The molecule has 3 rings (SSSR count). The minimum absolute atomic E-state index is 0.0432. The molecule has 1 N–H and O–H groups in total. The van der Waals surface area contributed by atoms with Crippen molar-refractivity contribution in [3.8, 4) is 0 Å². The Morgan fingerprint density at radius 1 is 1.10 bits per heavy atom. The van der Waals surface area contributed by atoms with Crippen LogP contribution in [0.1, 0.15) is 58.2 Å². The number of benzene rings is 1. The number of rotatable bonds is 7. The van der Waals surface area contributed by atoms with Crippen molar-refractivity contribution >= 4 is 28.8 Å². The number of aromatic nitrogens is 2. The molecule has 1 aromatic carbocycles. The lowest BCUT2D eigenvalue weighted by Crippen LogP contribution is -2.29. The summed E-state index contributed by atoms with van der Waals surface area (Å²) in [7, 11) is 1.73. The largest absolute Gasteiger partial charge is 0.339 e. The Kier molecular flexibility index (Phi) is 6.07. The molecule has 2 aromatic heterocycles. The number of hydrogen-bond acceptors (Lipinski definition) is 4. The molecule has 2 amide bonds. The molecule has 3 aromatic rings. The number of nitrogens with zero attached hydrogens (tertiary/aromatic N) is 3. The van der Waals surface area contributed by atoms with E-state index in [-0.39, 0.29) is 23.2 Å². The Labute approximate surface area is 169 Å². The van der Waals surface area contributed by atoms with Gasteiger partial charge in [-0.05, 0) is 49.7 Å². The lowest BCUT2D eigenvalue weighted by molar-refractivity contribution is 0.0780. The molecular weight excluding hydrogens is 368 g/mol. The second-order valence-corrected chi connectivity index (χ2v) is 6.91. The van der Waals surface area contributed by atoms with Gasteiger partial charge in [0, 0.05) is 31.0 Å². The first-order valence-electron chi connectivity index (χ1n) is 9.57. The van der Waals surface area contributed by atoms with E-state index in [4.69, 9.17) is 0 Å². The highest BCUT2D eigenvalue weighted by Gasteiger charge is 2.23. The van der Waals surface area contributed by atoms with Crippen LogP contribution in [0.4, 0.5) is 5.69 Å². The van der Waals surface area contributed by atoms with E-state index in [1.807, 2.05) is 0 Å². The first kappa shape index (κ1) is 20.3. The number of carbonyl (C=O) groups excluding carboxylic acids is 3. The van der Waals surface area contributed by atoms with Crippen LogP contribution in [0, 0.1) is 0 Å². The van der Waals surface area contributed by atoms with Crippen LogP contribution >= 0.6 is 0 Å². The Hall–Kier alpha value is -3.48. The highest BCUT2D eigenvalue weighted by Crippen LogP contribution is 2.17. The molecule has 29 heavy (non-hydrogen) atoms. The molecule has 2 heterocycles. The minimum atomic E-state index is -0.417. The van der Waals surface area contributed by atoms with E-state index in [0.717, 1.165) is 12.8 Å². The van der Waals surface area contributed by atoms with Crippen LogP contribution in [0.25, 0.3) is 5.52 Å². The number of carbonyl (C=O) groups is 3. The zero-order valence-corrected chi connectivity index (χ0v) is 16.8. The zero-order valence-electron chi connectivity index (χ0n) is 16.8. The van der Waals surface area contributed by atoms with Gasteiger partial charge in [0.1, 0.15) is 0 Å². The third-order valence-corrected chi connectivity index (χ3v) is 4.70. The summed E-state index contributed by atoms with van der Waals surface area (Å²) in [4.78, 5) is 43.1. The molecule has 150 valence electrons. The molecule has 0 spiro atoms. The van der Waals surface area contributed by atoms with Crippen LogP contribution in [-0.4, -0.2) is 45.5 Å². The summed E-state index contributed by atoms with van der Waals surface area (Å²) in [6.45, 7) is 4.18. The molecule has 0 atom stereocenters. The number of imidazole rings is 1. The van der Waals surface area contributed by atoms with E-state index in [1.54, 1.807) is 65.0 Å². The van der Waals surface area contributed by atoms with E-state index in [2.05, 4.69) is 17.2 Å². The average Bonchev–Trinajstić information content (AvgIpc) is 3.11. The second kappa shape index (κ2) is 8.68. The second-order valence-electron chi connectivity index (χ2n) is 6.91. The molecule has 0 aliphatic carbocycles. The summed E-state index contributed by atoms with van der Waals surface area (Å²) in [5.74, 6) is -0.487. The van der Waals surface area contributed by atoms with Gasteiger partial charge in [-0.1, -0.05) is 19.4 Å². The van der Waals surface area contributed by atoms with Crippen LogP contribution in [0.3, 0.4) is 0 Å². The SMILES string of the molecule is CCCCN(C)C(=O)c1nc(C(=O)Nc2ccc(C(C)=O)cc2)c2ccccn12. The van der Waals surface area contributed by atoms with Crippen LogP contribution in [0.2, 0.25) is 0 Å². The van der Waals surface area contributed by atoms with Gasteiger partial charge in [0.05, 0.1) is 5.52 Å². The predicted molar refractivity (Wildman–Crippen MR) is 111 cm³/mol. The maximum Gasteiger partial charge on any atom is 0.289 e. The van der Waals surface area contributed by atoms with Gasteiger partial charge in [0.25, 0.3) is 11.8 Å². The number of unbranched alkanes of at least 4 members (excludes halogenated alkanes) is 1. The minimum Gasteiger partial charge on any atom is -0.339 e. The standard InChI is InChI=1S/C22H24N4O3/c1-4-5-13-25(3)22(29)20-24-19(18-8-6-7-14-26(18)20)21(28)23-17-11-9-16(10-12-17)15(2)27/h6-12,14H,4-5,13H2,1-3H3,(H,23,28). The van der Waals surface area contributed by atoms with Crippen molar-refractivity contribution in [2.45, 2.75) is 26.7 Å². The molecule has 0 aliphatic heterocycles. The number of ketones is 1. The normalized spacial score (nSPS) is 10.7. The lowest BCUT2D eigenvalue weighted by atomic mass is 10.1. The molecule has 0 saturated carbocycles. The van der Waals surface area contributed by atoms with Crippen molar-refractivity contribution in [3.63, 3.8) is 0 Å². The third-order valence-electron chi connectivity index (χ3n) is 4.70. The summed E-state index contributed by atoms with van der Waals surface area (Å²) in [6.07, 6.45) is 3.60. The Balaban J connectivity index is 1.90. The fourth-order valence-corrected chi connectivity index (χ4v) is 3.00. The number of anilines is 1. The molecule has 0 fully saturated rings. The predicted octanol–water partition coefficient (Wildman–Crippen LogP) is 3.66. The summed E-state index contributed by atoms with van der Waals surface area (Å²) in [6, 6.07) is 12.0. The van der Waals surface area contributed by atoms with Gasteiger partial charge in [0.15, 0.2) is 11.5 Å². The molecule has 7 heteroatoms. The quantitative estimate of drug-likeness (QED) is 0.622. The zero-order chi connectivity index (χ0) is 21.0. The van der Waals surface area contributed by atoms with Crippen molar-refractivity contribution in [2.24, 2.45) is 0 Å². The molecule has 0 aliphatic rings. The van der Waals surface area contributed by atoms with Crippen molar-refractivity contribution in [1.82, 2.24) is 14.3 Å².